The van der Waals surface area contributed by atoms with Crippen molar-refractivity contribution < 1.29 is 9.53 Å². The van der Waals surface area contributed by atoms with Gasteiger partial charge in [-0.1, -0.05) is 18.2 Å². The molecule has 0 unspecified atom stereocenters. The van der Waals surface area contributed by atoms with Crippen LogP contribution < -0.4 is 10.6 Å². The van der Waals surface area contributed by atoms with Crippen molar-refractivity contribution in [2.75, 3.05) is 26.2 Å². The molecule has 0 radical (unpaired) electrons. The van der Waals surface area contributed by atoms with Gasteiger partial charge in [0.25, 0.3) is 5.91 Å². The number of amides is 1. The number of hydrogen-bond acceptors (Lipinski definition) is 3. The van der Waals surface area contributed by atoms with E-state index < -0.39 is 0 Å². The number of benzene rings is 1. The maximum atomic E-state index is 11.7. The van der Waals surface area contributed by atoms with Crippen LogP contribution in [0.15, 0.2) is 30.3 Å². The first-order valence-corrected chi connectivity index (χ1v) is 7.02. The molecule has 1 aliphatic heterocycles. The van der Waals surface area contributed by atoms with Crippen molar-refractivity contribution >= 4 is 5.91 Å². The van der Waals surface area contributed by atoms with Gasteiger partial charge in [0.15, 0.2) is 0 Å². The number of ether oxygens (including phenoxy) is 1. The van der Waals surface area contributed by atoms with Crippen LogP contribution in [0.1, 0.15) is 29.6 Å². The first-order valence-electron chi connectivity index (χ1n) is 7.02. The van der Waals surface area contributed by atoms with Gasteiger partial charge in [-0.15, -0.1) is 0 Å². The normalized spacial score (nSPS) is 16.2. The lowest BCUT2D eigenvalue weighted by atomic mass is 10.1. The fourth-order valence-electron chi connectivity index (χ4n) is 2.18. The summed E-state index contributed by atoms with van der Waals surface area (Å²) in [7, 11) is 0. The van der Waals surface area contributed by atoms with E-state index >= 15 is 0 Å². The van der Waals surface area contributed by atoms with Gasteiger partial charge in [-0.3, -0.25) is 4.79 Å². The molecule has 1 saturated heterocycles. The lowest BCUT2D eigenvalue weighted by Gasteiger charge is -2.22. The fourth-order valence-corrected chi connectivity index (χ4v) is 2.18. The van der Waals surface area contributed by atoms with Crippen molar-refractivity contribution in [3.63, 3.8) is 0 Å². The Hall–Kier alpha value is -1.39. The lowest BCUT2D eigenvalue weighted by molar-refractivity contribution is 0.0318. The molecule has 1 heterocycles. The van der Waals surface area contributed by atoms with E-state index in [-0.39, 0.29) is 5.91 Å². The van der Waals surface area contributed by atoms with E-state index in [1.165, 1.54) is 0 Å². The molecule has 4 heteroatoms. The molecule has 104 valence electrons. The summed E-state index contributed by atoms with van der Waals surface area (Å²) >= 11 is 0. The predicted octanol–water partition coefficient (Wildman–Crippen LogP) is 1.58. The van der Waals surface area contributed by atoms with Crippen molar-refractivity contribution in [3.05, 3.63) is 35.9 Å². The molecule has 1 aliphatic rings. The number of carbonyl (C=O) groups excluding carboxylic acids is 1. The highest BCUT2D eigenvalue weighted by Gasteiger charge is 2.12. The smallest absolute Gasteiger partial charge is 0.251 e. The molecule has 1 amide bonds. The van der Waals surface area contributed by atoms with Crippen molar-refractivity contribution in [1.29, 1.82) is 0 Å². The lowest BCUT2D eigenvalue weighted by Crippen LogP contribution is -2.33. The van der Waals surface area contributed by atoms with Gasteiger partial charge in [-0.05, 0) is 44.5 Å². The van der Waals surface area contributed by atoms with Gasteiger partial charge in [0, 0.05) is 18.7 Å². The summed E-state index contributed by atoms with van der Waals surface area (Å²) in [4.78, 5) is 11.7. The molecule has 0 aromatic heterocycles. The minimum atomic E-state index is -0.0116. The molecule has 2 rings (SSSR count). The summed E-state index contributed by atoms with van der Waals surface area (Å²) in [6.07, 6.45) is 3.45. The topological polar surface area (TPSA) is 50.4 Å². The van der Waals surface area contributed by atoms with Crippen molar-refractivity contribution in [2.45, 2.75) is 25.4 Å². The van der Waals surface area contributed by atoms with E-state index in [2.05, 4.69) is 10.6 Å². The standard InChI is InChI=1S/C15H22N2O2/c18-15(13-5-2-1-3-6-13)17-9-4-12-19-14-7-10-16-11-8-14/h1-3,5-6,14,16H,4,7-12H2,(H,17,18). The Bertz CT molecular complexity index is 375. The summed E-state index contributed by atoms with van der Waals surface area (Å²) in [6, 6.07) is 9.29. The average Bonchev–Trinajstić information content (AvgIpc) is 2.49. The van der Waals surface area contributed by atoms with Crippen LogP contribution >= 0.6 is 0 Å². The molecule has 1 fully saturated rings. The third kappa shape index (κ3) is 5.01. The van der Waals surface area contributed by atoms with Gasteiger partial charge in [-0.25, -0.2) is 0 Å². The molecule has 0 bridgehead atoms. The van der Waals surface area contributed by atoms with Gasteiger partial charge in [0.2, 0.25) is 0 Å². The maximum absolute atomic E-state index is 11.7. The minimum absolute atomic E-state index is 0.0116. The Balaban J connectivity index is 1.55. The molecule has 19 heavy (non-hydrogen) atoms. The zero-order valence-corrected chi connectivity index (χ0v) is 11.2. The van der Waals surface area contributed by atoms with Crippen molar-refractivity contribution in [1.82, 2.24) is 10.6 Å². The third-order valence-corrected chi connectivity index (χ3v) is 3.28. The molecule has 0 spiro atoms. The first kappa shape index (κ1) is 14.0. The van der Waals surface area contributed by atoms with E-state index in [4.69, 9.17) is 4.74 Å². The number of nitrogens with one attached hydrogen (secondary N) is 2. The van der Waals surface area contributed by atoms with E-state index in [9.17, 15) is 4.79 Å². The van der Waals surface area contributed by atoms with E-state index in [0.717, 1.165) is 39.0 Å². The summed E-state index contributed by atoms with van der Waals surface area (Å²) < 4.78 is 5.78. The molecule has 4 nitrogen and oxygen atoms in total. The number of piperidine rings is 1. The largest absolute Gasteiger partial charge is 0.378 e. The highest BCUT2D eigenvalue weighted by Crippen LogP contribution is 2.07. The van der Waals surface area contributed by atoms with Crippen molar-refractivity contribution in [2.24, 2.45) is 0 Å². The minimum Gasteiger partial charge on any atom is -0.378 e. The van der Waals surface area contributed by atoms with Crippen LogP contribution in [0.3, 0.4) is 0 Å². The quantitative estimate of drug-likeness (QED) is 0.765. The highest BCUT2D eigenvalue weighted by atomic mass is 16.5. The zero-order chi connectivity index (χ0) is 13.3. The SMILES string of the molecule is O=C(NCCCOC1CCNCC1)c1ccccc1. The van der Waals surface area contributed by atoms with Gasteiger partial charge in [0.1, 0.15) is 0 Å². The molecular weight excluding hydrogens is 240 g/mol. The van der Waals surface area contributed by atoms with Gasteiger partial charge in [0.05, 0.1) is 6.10 Å². The van der Waals surface area contributed by atoms with Crippen LogP contribution in [-0.2, 0) is 4.74 Å². The zero-order valence-electron chi connectivity index (χ0n) is 11.2. The molecular formula is C15H22N2O2. The van der Waals surface area contributed by atoms with Crippen LogP contribution in [0, 0.1) is 0 Å². The maximum Gasteiger partial charge on any atom is 0.251 e. The summed E-state index contributed by atoms with van der Waals surface area (Å²) in [5.41, 5.74) is 0.710. The van der Waals surface area contributed by atoms with E-state index in [1.807, 2.05) is 30.3 Å². The summed E-state index contributed by atoms with van der Waals surface area (Å²) in [5.74, 6) is -0.0116. The van der Waals surface area contributed by atoms with Crippen LogP contribution in [-0.4, -0.2) is 38.3 Å². The molecule has 0 atom stereocenters. The van der Waals surface area contributed by atoms with Crippen LogP contribution in [0.25, 0.3) is 0 Å². The summed E-state index contributed by atoms with van der Waals surface area (Å²) in [5, 5.41) is 6.22. The van der Waals surface area contributed by atoms with Crippen LogP contribution in [0.2, 0.25) is 0 Å². The fraction of sp³-hybridized carbons (Fsp3) is 0.533. The van der Waals surface area contributed by atoms with Crippen molar-refractivity contribution in [3.8, 4) is 0 Å². The third-order valence-electron chi connectivity index (χ3n) is 3.28. The summed E-state index contributed by atoms with van der Waals surface area (Å²) in [6.45, 7) is 3.49. The second-order valence-corrected chi connectivity index (χ2v) is 4.80. The van der Waals surface area contributed by atoms with Gasteiger partial charge in [-0.2, -0.15) is 0 Å². The molecule has 0 saturated carbocycles. The van der Waals surface area contributed by atoms with Crippen LogP contribution in [0.4, 0.5) is 0 Å². The monoisotopic (exact) mass is 262 g/mol. The average molecular weight is 262 g/mol. The van der Waals surface area contributed by atoms with E-state index in [0.29, 0.717) is 18.2 Å². The molecule has 2 N–H and O–H groups in total. The Morgan fingerprint density at radius 1 is 1.26 bits per heavy atom. The molecule has 0 aliphatic carbocycles. The predicted molar refractivity (Wildman–Crippen MR) is 75.2 cm³/mol. The van der Waals surface area contributed by atoms with Crippen LogP contribution in [0.5, 0.6) is 0 Å². The second-order valence-electron chi connectivity index (χ2n) is 4.80. The van der Waals surface area contributed by atoms with Gasteiger partial charge < -0.3 is 15.4 Å². The number of rotatable bonds is 6. The second kappa shape index (κ2) is 7.92. The van der Waals surface area contributed by atoms with E-state index in [1.54, 1.807) is 0 Å². The Kier molecular flexibility index (Phi) is 5.85. The Morgan fingerprint density at radius 3 is 2.74 bits per heavy atom. The van der Waals surface area contributed by atoms with Gasteiger partial charge >= 0.3 is 0 Å². The number of hydrogen-bond donors (Lipinski definition) is 2. The molecule has 1 aromatic rings. The highest BCUT2D eigenvalue weighted by molar-refractivity contribution is 5.94. The Morgan fingerprint density at radius 2 is 2.00 bits per heavy atom. The first-order chi connectivity index (χ1) is 9.36. The Labute approximate surface area is 114 Å². The molecule has 1 aromatic carbocycles. The number of carbonyl (C=O) groups is 1.